The second kappa shape index (κ2) is 11.0. The first-order chi connectivity index (χ1) is 17.3. The molecule has 3 N–H and O–H groups in total. The number of nitrogens with zero attached hydrogens (tertiary/aromatic N) is 1. The Hall–Kier alpha value is -4.21. The van der Waals surface area contributed by atoms with Gasteiger partial charge in [0.25, 0.3) is 21.8 Å². The summed E-state index contributed by atoms with van der Waals surface area (Å²) in [4.78, 5) is 29.9. The summed E-state index contributed by atoms with van der Waals surface area (Å²) in [7, 11) is -3.86. The number of para-hydroxylation sites is 1. The monoisotopic (exact) mass is 520 g/mol. The molecule has 0 atom stereocenters. The summed E-state index contributed by atoms with van der Waals surface area (Å²) >= 11 is 6.24. The molecule has 0 saturated carbocycles. The predicted octanol–water partition coefficient (Wildman–Crippen LogP) is 4.72. The van der Waals surface area contributed by atoms with E-state index in [0.29, 0.717) is 0 Å². The average molecular weight is 521 g/mol. The number of carbonyl (C=O) groups is 2. The van der Waals surface area contributed by atoms with Gasteiger partial charge in [0.1, 0.15) is 0 Å². The zero-order valence-corrected chi connectivity index (χ0v) is 20.4. The van der Waals surface area contributed by atoms with Crippen LogP contribution in [0.5, 0.6) is 0 Å². The highest BCUT2D eigenvalue weighted by molar-refractivity contribution is 7.92. The lowest BCUT2D eigenvalue weighted by Gasteiger charge is -2.13. The maximum atomic E-state index is 13.1. The molecular formula is C26H21ClN4O4S. The van der Waals surface area contributed by atoms with Crippen LogP contribution in [0.1, 0.15) is 26.3 Å². The van der Waals surface area contributed by atoms with Gasteiger partial charge in [-0.05, 0) is 54.1 Å². The van der Waals surface area contributed by atoms with Crippen LogP contribution in [0.2, 0.25) is 5.02 Å². The Kier molecular flexibility index (Phi) is 7.62. The summed E-state index contributed by atoms with van der Waals surface area (Å²) in [6.07, 6.45) is 3.29. The highest BCUT2D eigenvalue weighted by atomic mass is 35.5. The van der Waals surface area contributed by atoms with Gasteiger partial charge in [-0.2, -0.15) is 0 Å². The topological polar surface area (TPSA) is 117 Å². The Labute approximate surface area is 213 Å². The largest absolute Gasteiger partial charge is 0.348 e. The number of hydrogen-bond donors (Lipinski definition) is 3. The van der Waals surface area contributed by atoms with E-state index in [2.05, 4.69) is 20.3 Å². The van der Waals surface area contributed by atoms with Crippen molar-refractivity contribution in [3.8, 4) is 0 Å². The number of anilines is 2. The molecule has 1 aromatic heterocycles. The quantitative estimate of drug-likeness (QED) is 0.311. The molecule has 0 saturated heterocycles. The molecule has 0 spiro atoms. The summed E-state index contributed by atoms with van der Waals surface area (Å²) in [6, 6.07) is 22.2. The highest BCUT2D eigenvalue weighted by Crippen LogP contribution is 2.25. The van der Waals surface area contributed by atoms with E-state index in [9.17, 15) is 18.0 Å². The standard InChI is InChI=1S/C26H21ClN4O4S/c27-23-13-12-19(31-36(34,35)20-8-2-1-3-9-20)15-22(23)26(33)30-24-11-5-4-10-21(24)25(32)29-17-18-7-6-14-28-16-18/h1-16,31H,17H2,(H,29,32)(H,30,33). The van der Waals surface area contributed by atoms with E-state index >= 15 is 0 Å². The summed E-state index contributed by atoms with van der Waals surface area (Å²) in [5, 5.41) is 5.61. The van der Waals surface area contributed by atoms with E-state index in [-0.39, 0.29) is 44.9 Å². The molecule has 0 radical (unpaired) electrons. The van der Waals surface area contributed by atoms with E-state index in [0.717, 1.165) is 5.56 Å². The molecule has 3 aromatic carbocycles. The molecule has 0 aliphatic heterocycles. The minimum atomic E-state index is -3.86. The van der Waals surface area contributed by atoms with Gasteiger partial charge >= 0.3 is 0 Å². The normalized spacial score (nSPS) is 10.9. The van der Waals surface area contributed by atoms with Crippen LogP contribution in [0.25, 0.3) is 0 Å². The Morgan fingerprint density at radius 1 is 0.833 bits per heavy atom. The number of pyridine rings is 1. The predicted molar refractivity (Wildman–Crippen MR) is 139 cm³/mol. The van der Waals surface area contributed by atoms with Crippen molar-refractivity contribution in [2.24, 2.45) is 0 Å². The Morgan fingerprint density at radius 3 is 2.33 bits per heavy atom. The van der Waals surface area contributed by atoms with Crippen LogP contribution in [0, 0.1) is 0 Å². The van der Waals surface area contributed by atoms with Crippen molar-refractivity contribution in [2.45, 2.75) is 11.4 Å². The fraction of sp³-hybridized carbons (Fsp3) is 0.0385. The van der Waals surface area contributed by atoms with Crippen molar-refractivity contribution >= 4 is 44.8 Å². The molecule has 4 rings (SSSR count). The SMILES string of the molecule is O=C(Nc1ccccc1C(=O)NCc1cccnc1)c1cc(NS(=O)(=O)c2ccccc2)ccc1Cl. The lowest BCUT2D eigenvalue weighted by atomic mass is 10.1. The fourth-order valence-corrected chi connectivity index (χ4v) is 4.61. The zero-order chi connectivity index (χ0) is 25.5. The van der Waals surface area contributed by atoms with Crippen molar-refractivity contribution in [3.63, 3.8) is 0 Å². The molecule has 182 valence electrons. The molecule has 8 nitrogen and oxygen atoms in total. The van der Waals surface area contributed by atoms with Crippen LogP contribution in [-0.4, -0.2) is 25.2 Å². The number of amides is 2. The third kappa shape index (κ3) is 6.07. The van der Waals surface area contributed by atoms with Gasteiger partial charge in [-0.15, -0.1) is 0 Å². The van der Waals surface area contributed by atoms with Gasteiger partial charge in [0.05, 0.1) is 26.7 Å². The maximum absolute atomic E-state index is 13.1. The Morgan fingerprint density at radius 2 is 1.58 bits per heavy atom. The first-order valence-electron chi connectivity index (χ1n) is 10.8. The van der Waals surface area contributed by atoms with Gasteiger partial charge in [-0.1, -0.05) is 48.0 Å². The van der Waals surface area contributed by atoms with Crippen molar-refractivity contribution in [1.82, 2.24) is 10.3 Å². The number of aromatic nitrogens is 1. The van der Waals surface area contributed by atoms with E-state index in [1.54, 1.807) is 60.9 Å². The molecule has 1 heterocycles. The van der Waals surface area contributed by atoms with Gasteiger partial charge < -0.3 is 10.6 Å². The first kappa shape index (κ1) is 24.9. The Bertz CT molecular complexity index is 1500. The summed E-state index contributed by atoms with van der Waals surface area (Å²) < 4.78 is 27.7. The molecule has 10 heteroatoms. The second-order valence-corrected chi connectivity index (χ2v) is 9.75. The second-order valence-electron chi connectivity index (χ2n) is 7.66. The van der Waals surface area contributed by atoms with Gasteiger partial charge in [0.2, 0.25) is 0 Å². The zero-order valence-electron chi connectivity index (χ0n) is 18.8. The third-order valence-electron chi connectivity index (χ3n) is 5.11. The highest BCUT2D eigenvalue weighted by Gasteiger charge is 2.19. The van der Waals surface area contributed by atoms with E-state index in [1.807, 2.05) is 6.07 Å². The van der Waals surface area contributed by atoms with Crippen molar-refractivity contribution in [3.05, 3.63) is 119 Å². The van der Waals surface area contributed by atoms with Gasteiger partial charge in [0, 0.05) is 24.6 Å². The number of nitrogens with one attached hydrogen (secondary N) is 3. The summed E-state index contributed by atoms with van der Waals surface area (Å²) in [5.41, 5.74) is 1.56. The number of rotatable bonds is 8. The van der Waals surface area contributed by atoms with E-state index in [4.69, 9.17) is 11.6 Å². The third-order valence-corrected chi connectivity index (χ3v) is 6.84. The van der Waals surface area contributed by atoms with E-state index < -0.39 is 15.9 Å². The summed E-state index contributed by atoms with van der Waals surface area (Å²) in [5.74, 6) is -0.988. The molecular weight excluding hydrogens is 500 g/mol. The van der Waals surface area contributed by atoms with Crippen molar-refractivity contribution in [2.75, 3.05) is 10.0 Å². The lowest BCUT2D eigenvalue weighted by Crippen LogP contribution is -2.25. The van der Waals surface area contributed by atoms with Gasteiger partial charge in [-0.25, -0.2) is 8.42 Å². The van der Waals surface area contributed by atoms with Crippen LogP contribution in [0.4, 0.5) is 11.4 Å². The number of sulfonamides is 1. The van der Waals surface area contributed by atoms with Gasteiger partial charge in [-0.3, -0.25) is 19.3 Å². The molecule has 2 amide bonds. The molecule has 0 bridgehead atoms. The number of carbonyl (C=O) groups excluding carboxylic acids is 2. The Balaban J connectivity index is 1.51. The van der Waals surface area contributed by atoms with Crippen molar-refractivity contribution < 1.29 is 18.0 Å². The van der Waals surface area contributed by atoms with Crippen molar-refractivity contribution in [1.29, 1.82) is 0 Å². The molecule has 0 aliphatic carbocycles. The lowest BCUT2D eigenvalue weighted by molar-refractivity contribution is 0.0951. The maximum Gasteiger partial charge on any atom is 0.261 e. The van der Waals surface area contributed by atoms with Crippen LogP contribution in [0.3, 0.4) is 0 Å². The van der Waals surface area contributed by atoms with Crippen LogP contribution in [-0.2, 0) is 16.6 Å². The van der Waals surface area contributed by atoms with Crippen LogP contribution in [0.15, 0.2) is 102 Å². The molecule has 4 aromatic rings. The van der Waals surface area contributed by atoms with Crippen LogP contribution >= 0.6 is 11.6 Å². The first-order valence-corrected chi connectivity index (χ1v) is 12.6. The fourth-order valence-electron chi connectivity index (χ4n) is 3.34. The number of halogens is 1. The average Bonchev–Trinajstić information content (AvgIpc) is 2.89. The van der Waals surface area contributed by atoms with Gasteiger partial charge in [0.15, 0.2) is 0 Å². The summed E-state index contributed by atoms with van der Waals surface area (Å²) in [6.45, 7) is 0.268. The smallest absolute Gasteiger partial charge is 0.261 e. The molecule has 0 aliphatic rings. The van der Waals surface area contributed by atoms with E-state index in [1.165, 1.54) is 30.3 Å². The number of benzene rings is 3. The minimum absolute atomic E-state index is 0.0375. The molecule has 0 unspecified atom stereocenters. The minimum Gasteiger partial charge on any atom is -0.348 e. The molecule has 36 heavy (non-hydrogen) atoms. The molecule has 0 fully saturated rings. The van der Waals surface area contributed by atoms with Crippen LogP contribution < -0.4 is 15.4 Å². The number of hydrogen-bond acceptors (Lipinski definition) is 5.